The van der Waals surface area contributed by atoms with Crippen LogP contribution in [0.3, 0.4) is 0 Å². The second kappa shape index (κ2) is 8.79. The molecule has 0 radical (unpaired) electrons. The summed E-state index contributed by atoms with van der Waals surface area (Å²) in [5.41, 5.74) is 0.457. The molecule has 3 rings (SSSR count). The number of hydrogen-bond donors (Lipinski definition) is 1. The van der Waals surface area contributed by atoms with Gasteiger partial charge in [0.25, 0.3) is 5.91 Å². The number of amides is 2. The van der Waals surface area contributed by atoms with Crippen molar-refractivity contribution in [1.82, 2.24) is 24.8 Å². The van der Waals surface area contributed by atoms with Gasteiger partial charge in [0, 0.05) is 44.6 Å². The van der Waals surface area contributed by atoms with E-state index in [2.05, 4.69) is 22.2 Å². The van der Waals surface area contributed by atoms with Gasteiger partial charge in [0.1, 0.15) is 11.5 Å². The molecular formula is C20H27N5O2. The van der Waals surface area contributed by atoms with Crippen molar-refractivity contribution in [2.45, 2.75) is 38.6 Å². The molecule has 1 aliphatic heterocycles. The summed E-state index contributed by atoms with van der Waals surface area (Å²) in [6, 6.07) is 5.26. The van der Waals surface area contributed by atoms with Crippen LogP contribution in [0.2, 0.25) is 0 Å². The first kappa shape index (κ1) is 19.1. The van der Waals surface area contributed by atoms with E-state index in [0.29, 0.717) is 31.6 Å². The summed E-state index contributed by atoms with van der Waals surface area (Å²) in [6.07, 6.45) is 8.44. The topological polar surface area (TPSA) is 80.1 Å². The predicted molar refractivity (Wildman–Crippen MR) is 102 cm³/mol. The van der Waals surface area contributed by atoms with Gasteiger partial charge >= 0.3 is 0 Å². The van der Waals surface area contributed by atoms with Gasteiger partial charge in [-0.25, -0.2) is 4.98 Å². The SMILES string of the molecule is CCC[C@@H](NC(=O)C1CCN(C(=O)c2ccccn2)CC1)c1nccn1C. The minimum absolute atomic E-state index is 0.0568. The Hall–Kier alpha value is -2.70. The van der Waals surface area contributed by atoms with Crippen molar-refractivity contribution in [3.05, 3.63) is 48.3 Å². The van der Waals surface area contributed by atoms with Gasteiger partial charge in [-0.3, -0.25) is 14.6 Å². The fourth-order valence-electron chi connectivity index (χ4n) is 3.55. The molecule has 0 aliphatic carbocycles. The number of carbonyl (C=O) groups excluding carboxylic acids is 2. The monoisotopic (exact) mass is 369 g/mol. The summed E-state index contributed by atoms with van der Waals surface area (Å²) in [5.74, 6) is 0.804. The normalized spacial score (nSPS) is 16.1. The first-order chi connectivity index (χ1) is 13.1. The molecule has 144 valence electrons. The molecule has 0 unspecified atom stereocenters. The number of aryl methyl sites for hydroxylation is 1. The second-order valence-electron chi connectivity index (χ2n) is 7.03. The molecule has 1 saturated heterocycles. The fraction of sp³-hybridized carbons (Fsp3) is 0.500. The molecule has 1 fully saturated rings. The number of nitrogens with zero attached hydrogens (tertiary/aromatic N) is 4. The van der Waals surface area contributed by atoms with Gasteiger partial charge in [0.15, 0.2) is 0 Å². The summed E-state index contributed by atoms with van der Waals surface area (Å²) in [4.78, 5) is 35.6. The van der Waals surface area contributed by atoms with Crippen molar-refractivity contribution >= 4 is 11.8 Å². The first-order valence-corrected chi connectivity index (χ1v) is 9.58. The number of nitrogens with one attached hydrogen (secondary N) is 1. The van der Waals surface area contributed by atoms with Crippen LogP contribution in [0.1, 0.15) is 55.0 Å². The summed E-state index contributed by atoms with van der Waals surface area (Å²) in [6.45, 7) is 3.26. The Kier molecular flexibility index (Phi) is 6.21. The third kappa shape index (κ3) is 4.53. The van der Waals surface area contributed by atoms with Crippen LogP contribution in [-0.2, 0) is 11.8 Å². The minimum Gasteiger partial charge on any atom is -0.346 e. The van der Waals surface area contributed by atoms with E-state index in [-0.39, 0.29) is 23.8 Å². The summed E-state index contributed by atoms with van der Waals surface area (Å²) >= 11 is 0. The van der Waals surface area contributed by atoms with Crippen LogP contribution in [-0.4, -0.2) is 44.3 Å². The van der Waals surface area contributed by atoms with E-state index in [4.69, 9.17) is 0 Å². The number of hydrogen-bond acceptors (Lipinski definition) is 4. The van der Waals surface area contributed by atoms with Crippen LogP contribution in [0.4, 0.5) is 0 Å². The maximum Gasteiger partial charge on any atom is 0.272 e. The molecule has 1 aliphatic rings. The fourth-order valence-corrected chi connectivity index (χ4v) is 3.55. The third-order valence-corrected chi connectivity index (χ3v) is 5.10. The molecule has 0 saturated carbocycles. The molecule has 0 aromatic carbocycles. The Balaban J connectivity index is 1.56. The molecule has 7 nitrogen and oxygen atoms in total. The molecule has 2 aromatic rings. The van der Waals surface area contributed by atoms with Crippen LogP contribution >= 0.6 is 0 Å². The molecule has 2 amide bonds. The molecule has 1 atom stereocenters. The lowest BCUT2D eigenvalue weighted by Crippen LogP contribution is -2.44. The van der Waals surface area contributed by atoms with E-state index in [1.807, 2.05) is 23.9 Å². The van der Waals surface area contributed by atoms with Gasteiger partial charge < -0.3 is 14.8 Å². The van der Waals surface area contributed by atoms with E-state index in [1.54, 1.807) is 29.4 Å². The number of aromatic nitrogens is 3. The maximum absolute atomic E-state index is 12.8. The van der Waals surface area contributed by atoms with Crippen molar-refractivity contribution < 1.29 is 9.59 Å². The van der Waals surface area contributed by atoms with Crippen LogP contribution in [0.15, 0.2) is 36.8 Å². The number of pyridine rings is 1. The summed E-state index contributed by atoms with van der Waals surface area (Å²) < 4.78 is 1.95. The number of carbonyl (C=O) groups is 2. The average Bonchev–Trinajstić information content (AvgIpc) is 3.13. The average molecular weight is 369 g/mol. The van der Waals surface area contributed by atoms with Crippen LogP contribution in [0.25, 0.3) is 0 Å². The Morgan fingerprint density at radius 1 is 1.22 bits per heavy atom. The standard InChI is InChI=1S/C20H27N5O2/c1-3-6-16(18-22-11-14-24(18)2)23-19(26)15-8-12-25(13-9-15)20(27)17-7-4-5-10-21-17/h4-5,7,10-11,14-16H,3,6,8-9,12-13H2,1-2H3,(H,23,26)/t16-/m1/s1. The Labute approximate surface area is 159 Å². The molecule has 27 heavy (non-hydrogen) atoms. The summed E-state index contributed by atoms with van der Waals surface area (Å²) in [5, 5.41) is 3.17. The van der Waals surface area contributed by atoms with Gasteiger partial charge in [-0.15, -0.1) is 0 Å². The summed E-state index contributed by atoms with van der Waals surface area (Å²) in [7, 11) is 1.94. The van der Waals surface area contributed by atoms with E-state index in [9.17, 15) is 9.59 Å². The van der Waals surface area contributed by atoms with Gasteiger partial charge in [0.2, 0.25) is 5.91 Å². The Bertz CT molecular complexity index is 766. The lowest BCUT2D eigenvalue weighted by molar-refractivity contribution is -0.127. The smallest absolute Gasteiger partial charge is 0.272 e. The Morgan fingerprint density at radius 3 is 2.59 bits per heavy atom. The van der Waals surface area contributed by atoms with Crippen molar-refractivity contribution in [2.75, 3.05) is 13.1 Å². The molecule has 3 heterocycles. The highest BCUT2D eigenvalue weighted by molar-refractivity contribution is 5.92. The predicted octanol–water partition coefficient (Wildman–Crippen LogP) is 2.32. The van der Waals surface area contributed by atoms with Crippen LogP contribution < -0.4 is 5.32 Å². The zero-order valence-electron chi connectivity index (χ0n) is 16.0. The number of piperidine rings is 1. The van der Waals surface area contributed by atoms with Crippen LogP contribution in [0, 0.1) is 5.92 Å². The van der Waals surface area contributed by atoms with Crippen LogP contribution in [0.5, 0.6) is 0 Å². The van der Waals surface area contributed by atoms with E-state index in [0.717, 1.165) is 18.7 Å². The van der Waals surface area contributed by atoms with Gasteiger partial charge in [-0.2, -0.15) is 0 Å². The second-order valence-corrected chi connectivity index (χ2v) is 7.03. The van der Waals surface area contributed by atoms with Crippen molar-refractivity contribution in [3.63, 3.8) is 0 Å². The number of likely N-dealkylation sites (tertiary alicyclic amines) is 1. The van der Waals surface area contributed by atoms with Gasteiger partial charge in [-0.1, -0.05) is 19.4 Å². The van der Waals surface area contributed by atoms with E-state index < -0.39 is 0 Å². The highest BCUT2D eigenvalue weighted by Crippen LogP contribution is 2.22. The first-order valence-electron chi connectivity index (χ1n) is 9.58. The lowest BCUT2D eigenvalue weighted by atomic mass is 9.95. The quantitative estimate of drug-likeness (QED) is 0.847. The molecule has 0 spiro atoms. The molecular weight excluding hydrogens is 342 g/mol. The van der Waals surface area contributed by atoms with Crippen molar-refractivity contribution in [3.8, 4) is 0 Å². The molecule has 7 heteroatoms. The maximum atomic E-state index is 12.8. The van der Waals surface area contributed by atoms with E-state index in [1.165, 1.54) is 0 Å². The number of imidazole rings is 1. The zero-order chi connectivity index (χ0) is 19.2. The number of rotatable bonds is 6. The minimum atomic E-state index is -0.0734. The third-order valence-electron chi connectivity index (χ3n) is 5.10. The van der Waals surface area contributed by atoms with E-state index >= 15 is 0 Å². The highest BCUT2D eigenvalue weighted by atomic mass is 16.2. The molecule has 1 N–H and O–H groups in total. The molecule has 0 bridgehead atoms. The zero-order valence-corrected chi connectivity index (χ0v) is 16.0. The lowest BCUT2D eigenvalue weighted by Gasteiger charge is -2.32. The van der Waals surface area contributed by atoms with Crippen molar-refractivity contribution in [1.29, 1.82) is 0 Å². The van der Waals surface area contributed by atoms with Gasteiger partial charge in [-0.05, 0) is 31.4 Å². The largest absolute Gasteiger partial charge is 0.346 e. The Morgan fingerprint density at radius 2 is 2.00 bits per heavy atom. The highest BCUT2D eigenvalue weighted by Gasteiger charge is 2.30. The molecule has 2 aromatic heterocycles. The van der Waals surface area contributed by atoms with Crippen molar-refractivity contribution in [2.24, 2.45) is 13.0 Å². The van der Waals surface area contributed by atoms with Gasteiger partial charge in [0.05, 0.1) is 6.04 Å².